The molecule has 0 aliphatic carbocycles. The minimum atomic E-state index is -0.758. The first-order valence-electron chi connectivity index (χ1n) is 5.80. The van der Waals surface area contributed by atoms with E-state index in [1.165, 1.54) is 19.2 Å². The third-order valence-electron chi connectivity index (χ3n) is 2.63. The average Bonchev–Trinajstić information content (AvgIpc) is 2.44. The van der Waals surface area contributed by atoms with Crippen molar-refractivity contribution >= 4 is 27.6 Å². The van der Waals surface area contributed by atoms with Crippen LogP contribution in [0.4, 0.5) is 10.1 Å². The molecular weight excluding hydrogens is 327 g/mol. The fourth-order valence-electron chi connectivity index (χ4n) is 1.73. The smallest absolute Gasteiger partial charge is 0.333 e. The van der Waals surface area contributed by atoms with E-state index in [1.54, 1.807) is 30.6 Å². The van der Waals surface area contributed by atoms with Crippen LogP contribution in [0.2, 0.25) is 0 Å². The van der Waals surface area contributed by atoms with Crippen LogP contribution in [-0.2, 0) is 9.53 Å². The number of halogens is 2. The van der Waals surface area contributed by atoms with E-state index >= 15 is 0 Å². The average molecular weight is 339 g/mol. The summed E-state index contributed by atoms with van der Waals surface area (Å²) < 4.78 is 18.7. The number of nitrogens with zero attached hydrogens (tertiary/aromatic N) is 1. The van der Waals surface area contributed by atoms with Gasteiger partial charge in [-0.05, 0) is 40.2 Å². The highest BCUT2D eigenvalue weighted by Crippen LogP contribution is 2.23. The lowest BCUT2D eigenvalue weighted by molar-refractivity contribution is -0.141. The maximum absolute atomic E-state index is 13.2. The predicted molar refractivity (Wildman–Crippen MR) is 76.7 cm³/mol. The largest absolute Gasteiger partial charge is 0.467 e. The predicted octanol–water partition coefficient (Wildman–Crippen LogP) is 3.31. The molecule has 1 N–H and O–H groups in total. The number of methoxy groups -OCH3 is 1. The summed E-state index contributed by atoms with van der Waals surface area (Å²) in [5.41, 5.74) is 1.11. The van der Waals surface area contributed by atoms with Crippen LogP contribution in [0.5, 0.6) is 0 Å². The van der Waals surface area contributed by atoms with Crippen molar-refractivity contribution in [1.82, 2.24) is 4.98 Å². The van der Waals surface area contributed by atoms with E-state index in [4.69, 9.17) is 4.74 Å². The standard InChI is InChI=1S/C14H12BrFN2O2/c1-20-14(19)13(9-5-10(15)8-17-7-9)18-12-4-2-3-11(16)6-12/h2-8,13,18H,1H3. The van der Waals surface area contributed by atoms with E-state index in [9.17, 15) is 9.18 Å². The number of hydrogen-bond acceptors (Lipinski definition) is 4. The van der Waals surface area contributed by atoms with Crippen LogP contribution in [0, 0.1) is 5.82 Å². The lowest BCUT2D eigenvalue weighted by Gasteiger charge is -2.18. The van der Waals surface area contributed by atoms with Crippen LogP contribution < -0.4 is 5.32 Å². The van der Waals surface area contributed by atoms with Crippen molar-refractivity contribution in [3.63, 3.8) is 0 Å². The molecule has 1 atom stereocenters. The van der Waals surface area contributed by atoms with E-state index in [0.29, 0.717) is 11.3 Å². The van der Waals surface area contributed by atoms with Gasteiger partial charge >= 0.3 is 5.97 Å². The second kappa shape index (κ2) is 6.47. The van der Waals surface area contributed by atoms with Crippen molar-refractivity contribution < 1.29 is 13.9 Å². The second-order valence-electron chi connectivity index (χ2n) is 4.05. The van der Waals surface area contributed by atoms with Crippen molar-refractivity contribution in [1.29, 1.82) is 0 Å². The molecule has 1 aromatic heterocycles. The fraction of sp³-hybridized carbons (Fsp3) is 0.143. The topological polar surface area (TPSA) is 51.2 Å². The van der Waals surface area contributed by atoms with Gasteiger partial charge in [-0.2, -0.15) is 0 Å². The third-order valence-corrected chi connectivity index (χ3v) is 3.07. The molecule has 0 spiro atoms. The maximum Gasteiger partial charge on any atom is 0.333 e. The van der Waals surface area contributed by atoms with Crippen LogP contribution in [0.25, 0.3) is 0 Å². The molecule has 0 fully saturated rings. The second-order valence-corrected chi connectivity index (χ2v) is 4.96. The first kappa shape index (κ1) is 14.5. The minimum absolute atomic E-state index is 0.383. The zero-order valence-electron chi connectivity index (χ0n) is 10.6. The van der Waals surface area contributed by atoms with Crippen LogP contribution >= 0.6 is 15.9 Å². The Kier molecular flexibility index (Phi) is 4.68. The molecule has 0 saturated carbocycles. The molecule has 20 heavy (non-hydrogen) atoms. The van der Waals surface area contributed by atoms with E-state index in [-0.39, 0.29) is 5.82 Å². The van der Waals surface area contributed by atoms with Crippen molar-refractivity contribution in [2.75, 3.05) is 12.4 Å². The highest BCUT2D eigenvalue weighted by atomic mass is 79.9. The number of ether oxygens (including phenoxy) is 1. The van der Waals surface area contributed by atoms with Crippen LogP contribution in [0.3, 0.4) is 0 Å². The number of esters is 1. The molecule has 4 nitrogen and oxygen atoms in total. The van der Waals surface area contributed by atoms with E-state index in [1.807, 2.05) is 0 Å². The molecular formula is C14H12BrFN2O2. The number of pyridine rings is 1. The van der Waals surface area contributed by atoms with Gasteiger partial charge in [0.15, 0.2) is 6.04 Å². The van der Waals surface area contributed by atoms with Crippen molar-refractivity contribution in [3.05, 3.63) is 58.6 Å². The van der Waals surface area contributed by atoms with Gasteiger partial charge < -0.3 is 10.1 Å². The monoisotopic (exact) mass is 338 g/mol. The van der Waals surface area contributed by atoms with E-state index in [0.717, 1.165) is 4.47 Å². The molecule has 1 aromatic carbocycles. The summed E-state index contributed by atoms with van der Waals surface area (Å²) in [5, 5.41) is 2.94. The van der Waals surface area contributed by atoms with Crippen molar-refractivity contribution in [3.8, 4) is 0 Å². The molecule has 1 heterocycles. The summed E-state index contributed by atoms with van der Waals surface area (Å²) in [6.07, 6.45) is 3.17. The van der Waals surface area contributed by atoms with Gasteiger partial charge in [-0.15, -0.1) is 0 Å². The molecule has 0 amide bonds. The Hall–Kier alpha value is -1.95. The lowest BCUT2D eigenvalue weighted by atomic mass is 10.1. The first-order chi connectivity index (χ1) is 9.60. The third kappa shape index (κ3) is 3.54. The number of aromatic nitrogens is 1. The number of carbonyl (C=O) groups is 1. The van der Waals surface area contributed by atoms with Gasteiger partial charge in [0.1, 0.15) is 5.82 Å². The highest BCUT2D eigenvalue weighted by molar-refractivity contribution is 9.10. The molecule has 2 rings (SSSR count). The molecule has 0 bridgehead atoms. The van der Waals surface area contributed by atoms with E-state index < -0.39 is 12.0 Å². The Balaban J connectivity index is 2.31. The fourth-order valence-corrected chi connectivity index (χ4v) is 2.11. The van der Waals surface area contributed by atoms with Crippen molar-refractivity contribution in [2.24, 2.45) is 0 Å². The minimum Gasteiger partial charge on any atom is -0.467 e. The molecule has 2 aromatic rings. The summed E-state index contributed by atoms with van der Waals surface area (Å²) in [5.74, 6) is -0.861. The molecule has 0 radical (unpaired) electrons. The Morgan fingerprint density at radius 1 is 1.40 bits per heavy atom. The van der Waals surface area contributed by atoms with E-state index in [2.05, 4.69) is 26.2 Å². The number of rotatable bonds is 4. The van der Waals surface area contributed by atoms with Gasteiger partial charge in [0.2, 0.25) is 0 Å². The molecule has 0 saturated heterocycles. The van der Waals surface area contributed by atoms with Crippen LogP contribution in [0.15, 0.2) is 47.2 Å². The first-order valence-corrected chi connectivity index (χ1v) is 6.60. The Morgan fingerprint density at radius 3 is 2.85 bits per heavy atom. The summed E-state index contributed by atoms with van der Waals surface area (Å²) in [4.78, 5) is 15.9. The molecule has 1 unspecified atom stereocenters. The number of anilines is 1. The summed E-state index contributed by atoms with van der Waals surface area (Å²) in [7, 11) is 1.30. The maximum atomic E-state index is 13.2. The summed E-state index contributed by atoms with van der Waals surface area (Å²) in [6, 6.07) is 6.86. The van der Waals surface area contributed by atoms with Gasteiger partial charge in [-0.3, -0.25) is 4.98 Å². The van der Waals surface area contributed by atoms with Gasteiger partial charge in [-0.25, -0.2) is 9.18 Å². The normalized spacial score (nSPS) is 11.8. The highest BCUT2D eigenvalue weighted by Gasteiger charge is 2.22. The zero-order valence-corrected chi connectivity index (χ0v) is 12.2. The Bertz CT molecular complexity index is 622. The molecule has 6 heteroatoms. The number of hydrogen-bond donors (Lipinski definition) is 1. The van der Waals surface area contributed by atoms with Crippen LogP contribution in [-0.4, -0.2) is 18.1 Å². The van der Waals surface area contributed by atoms with Gasteiger partial charge in [0, 0.05) is 28.1 Å². The number of nitrogens with one attached hydrogen (secondary N) is 1. The Morgan fingerprint density at radius 2 is 2.20 bits per heavy atom. The SMILES string of the molecule is COC(=O)C(Nc1cccc(F)c1)c1cncc(Br)c1. The number of carbonyl (C=O) groups excluding carboxylic acids is 1. The van der Waals surface area contributed by atoms with Gasteiger partial charge in [-0.1, -0.05) is 6.07 Å². The van der Waals surface area contributed by atoms with Gasteiger partial charge in [0.25, 0.3) is 0 Å². The Labute approximate surface area is 124 Å². The van der Waals surface area contributed by atoms with Crippen molar-refractivity contribution in [2.45, 2.75) is 6.04 Å². The molecule has 0 aliphatic heterocycles. The van der Waals surface area contributed by atoms with Crippen LogP contribution in [0.1, 0.15) is 11.6 Å². The summed E-state index contributed by atoms with van der Waals surface area (Å²) in [6.45, 7) is 0. The number of benzene rings is 1. The summed E-state index contributed by atoms with van der Waals surface area (Å²) >= 11 is 3.30. The molecule has 0 aliphatic rings. The quantitative estimate of drug-likeness (QED) is 0.869. The van der Waals surface area contributed by atoms with Gasteiger partial charge in [0.05, 0.1) is 7.11 Å². The lowest BCUT2D eigenvalue weighted by Crippen LogP contribution is -2.22. The molecule has 104 valence electrons. The zero-order chi connectivity index (χ0) is 14.5.